The Hall–Kier alpha value is -2.67. The molecule has 0 unspecified atom stereocenters. The summed E-state index contributed by atoms with van der Waals surface area (Å²) in [5.41, 5.74) is 1.28. The van der Waals surface area contributed by atoms with E-state index < -0.39 is 0 Å². The summed E-state index contributed by atoms with van der Waals surface area (Å²) in [5.74, 6) is 0.324. The molecule has 1 aromatic heterocycles. The van der Waals surface area contributed by atoms with Crippen molar-refractivity contribution in [1.29, 1.82) is 0 Å². The molecule has 1 heterocycles. The number of benzene rings is 1. The number of aromatic nitrogens is 2. The highest BCUT2D eigenvalue weighted by Gasteiger charge is 2.13. The zero-order valence-electron chi connectivity index (χ0n) is 13.6. The molecule has 0 aliphatic rings. The summed E-state index contributed by atoms with van der Waals surface area (Å²) in [4.78, 5) is 33.5. The van der Waals surface area contributed by atoms with Crippen molar-refractivity contribution in [2.24, 2.45) is 0 Å². The van der Waals surface area contributed by atoms with E-state index in [1.807, 2.05) is 6.92 Å². The molecule has 126 valence electrons. The number of hydrogen-bond acceptors (Lipinski definition) is 4. The van der Waals surface area contributed by atoms with Crippen LogP contribution >= 0.6 is 11.6 Å². The SMILES string of the molecule is CCc1ncc(NC(=O)c2ccc(NC(=O)N(C)C)cc2Cl)cn1. The number of aryl methyl sites for hydroxylation is 1. The number of halogens is 1. The first-order valence-corrected chi connectivity index (χ1v) is 7.68. The Morgan fingerprint density at radius 2 is 1.79 bits per heavy atom. The van der Waals surface area contributed by atoms with Gasteiger partial charge < -0.3 is 15.5 Å². The lowest BCUT2D eigenvalue weighted by atomic mass is 10.2. The van der Waals surface area contributed by atoms with Crippen LogP contribution in [0, 0.1) is 0 Å². The number of urea groups is 1. The average molecular weight is 348 g/mol. The van der Waals surface area contributed by atoms with Gasteiger partial charge in [0.2, 0.25) is 0 Å². The first-order chi connectivity index (χ1) is 11.4. The first kappa shape index (κ1) is 17.7. The third-order valence-corrected chi connectivity index (χ3v) is 3.46. The minimum atomic E-state index is -0.377. The second-order valence-electron chi connectivity index (χ2n) is 5.21. The van der Waals surface area contributed by atoms with Crippen LogP contribution in [-0.4, -0.2) is 40.9 Å². The fourth-order valence-corrected chi connectivity index (χ4v) is 2.08. The number of carbonyl (C=O) groups is 2. The van der Waals surface area contributed by atoms with Crippen LogP contribution in [0.4, 0.5) is 16.2 Å². The lowest BCUT2D eigenvalue weighted by molar-refractivity contribution is 0.102. The summed E-state index contributed by atoms with van der Waals surface area (Å²) in [6.45, 7) is 1.95. The number of rotatable bonds is 4. The predicted octanol–water partition coefficient (Wildman–Crippen LogP) is 3.04. The molecule has 1 aromatic carbocycles. The van der Waals surface area contributed by atoms with Crippen LogP contribution in [0.15, 0.2) is 30.6 Å². The van der Waals surface area contributed by atoms with Crippen LogP contribution in [0.3, 0.4) is 0 Å². The number of anilines is 2. The molecule has 3 amide bonds. The Morgan fingerprint density at radius 1 is 1.12 bits per heavy atom. The van der Waals surface area contributed by atoms with Crippen LogP contribution in [-0.2, 0) is 6.42 Å². The second-order valence-corrected chi connectivity index (χ2v) is 5.62. The van der Waals surface area contributed by atoms with Gasteiger partial charge in [-0.05, 0) is 18.2 Å². The molecule has 2 N–H and O–H groups in total. The van der Waals surface area contributed by atoms with Crippen LogP contribution in [0.1, 0.15) is 23.1 Å². The van der Waals surface area contributed by atoms with E-state index in [1.54, 1.807) is 38.6 Å². The standard InChI is InChI=1S/C16H18ClN5O2/c1-4-14-18-8-11(9-19-14)20-15(23)12-6-5-10(7-13(12)17)21-16(24)22(2)3/h5-9H,4H2,1-3H3,(H,20,23)(H,21,24). The van der Waals surface area contributed by atoms with Crippen molar-refractivity contribution in [2.45, 2.75) is 13.3 Å². The molecular formula is C16H18ClN5O2. The van der Waals surface area contributed by atoms with E-state index in [2.05, 4.69) is 20.6 Å². The van der Waals surface area contributed by atoms with Crippen molar-refractivity contribution in [3.63, 3.8) is 0 Å². The second kappa shape index (κ2) is 7.74. The van der Waals surface area contributed by atoms with Gasteiger partial charge in [0.05, 0.1) is 28.7 Å². The van der Waals surface area contributed by atoms with Crippen molar-refractivity contribution in [1.82, 2.24) is 14.9 Å². The van der Waals surface area contributed by atoms with Gasteiger partial charge in [0.15, 0.2) is 0 Å². The zero-order valence-corrected chi connectivity index (χ0v) is 14.4. The van der Waals surface area contributed by atoms with Gasteiger partial charge in [-0.25, -0.2) is 14.8 Å². The molecule has 0 saturated carbocycles. The highest BCUT2D eigenvalue weighted by atomic mass is 35.5. The Balaban J connectivity index is 2.10. The van der Waals surface area contributed by atoms with E-state index in [4.69, 9.17) is 11.6 Å². The minimum Gasteiger partial charge on any atom is -0.331 e. The summed E-state index contributed by atoms with van der Waals surface area (Å²) in [7, 11) is 3.26. The van der Waals surface area contributed by atoms with Gasteiger partial charge in [0.1, 0.15) is 5.82 Å². The molecule has 0 bridgehead atoms. The first-order valence-electron chi connectivity index (χ1n) is 7.30. The molecule has 2 rings (SSSR count). The molecule has 7 nitrogen and oxygen atoms in total. The molecule has 0 fully saturated rings. The Bertz CT molecular complexity index is 747. The van der Waals surface area contributed by atoms with Crippen LogP contribution in [0.2, 0.25) is 5.02 Å². The monoisotopic (exact) mass is 347 g/mol. The van der Waals surface area contributed by atoms with E-state index in [9.17, 15) is 9.59 Å². The van der Waals surface area contributed by atoms with Crippen LogP contribution in [0.25, 0.3) is 0 Å². The average Bonchev–Trinajstić information content (AvgIpc) is 2.55. The summed E-state index contributed by atoms with van der Waals surface area (Å²) in [5, 5.41) is 5.58. The number of nitrogens with one attached hydrogen (secondary N) is 2. The van der Waals surface area contributed by atoms with E-state index in [0.717, 1.165) is 6.42 Å². The third kappa shape index (κ3) is 4.42. The van der Waals surface area contributed by atoms with Gasteiger partial charge in [-0.1, -0.05) is 18.5 Å². The quantitative estimate of drug-likeness (QED) is 0.889. The third-order valence-electron chi connectivity index (χ3n) is 3.15. The smallest absolute Gasteiger partial charge is 0.321 e. The van der Waals surface area contributed by atoms with Gasteiger partial charge in [0, 0.05) is 26.2 Å². The minimum absolute atomic E-state index is 0.232. The van der Waals surface area contributed by atoms with Gasteiger partial charge >= 0.3 is 6.03 Å². The van der Waals surface area contributed by atoms with E-state index in [0.29, 0.717) is 22.8 Å². The maximum absolute atomic E-state index is 12.3. The normalized spacial score (nSPS) is 10.2. The highest BCUT2D eigenvalue weighted by molar-refractivity contribution is 6.34. The van der Waals surface area contributed by atoms with Gasteiger partial charge in [-0.3, -0.25) is 4.79 Å². The van der Waals surface area contributed by atoms with E-state index >= 15 is 0 Å². The lowest BCUT2D eigenvalue weighted by Crippen LogP contribution is -2.27. The topological polar surface area (TPSA) is 87.2 Å². The molecule has 0 spiro atoms. The van der Waals surface area contributed by atoms with E-state index in [-0.39, 0.29) is 17.0 Å². The number of nitrogens with zero attached hydrogens (tertiary/aromatic N) is 3. The molecule has 8 heteroatoms. The van der Waals surface area contributed by atoms with Crippen molar-refractivity contribution < 1.29 is 9.59 Å². The highest BCUT2D eigenvalue weighted by Crippen LogP contribution is 2.22. The predicted molar refractivity (Wildman–Crippen MR) is 93.5 cm³/mol. The molecule has 0 atom stereocenters. The zero-order chi connectivity index (χ0) is 17.7. The Labute approximate surface area is 145 Å². The lowest BCUT2D eigenvalue weighted by Gasteiger charge is -2.13. The molecule has 24 heavy (non-hydrogen) atoms. The van der Waals surface area contributed by atoms with Crippen molar-refractivity contribution in [3.05, 3.63) is 47.0 Å². The van der Waals surface area contributed by atoms with Gasteiger partial charge in [-0.2, -0.15) is 0 Å². The van der Waals surface area contributed by atoms with Crippen molar-refractivity contribution in [3.8, 4) is 0 Å². The Morgan fingerprint density at radius 3 is 2.33 bits per heavy atom. The molecule has 0 radical (unpaired) electrons. The van der Waals surface area contributed by atoms with E-state index in [1.165, 1.54) is 11.0 Å². The molecular weight excluding hydrogens is 330 g/mol. The van der Waals surface area contributed by atoms with Gasteiger partial charge in [-0.15, -0.1) is 0 Å². The van der Waals surface area contributed by atoms with Crippen LogP contribution < -0.4 is 10.6 Å². The largest absolute Gasteiger partial charge is 0.331 e. The number of amides is 3. The summed E-state index contributed by atoms with van der Waals surface area (Å²) >= 11 is 6.14. The molecule has 0 saturated heterocycles. The van der Waals surface area contributed by atoms with Crippen molar-refractivity contribution >= 4 is 34.9 Å². The fourth-order valence-electron chi connectivity index (χ4n) is 1.81. The molecule has 0 aliphatic heterocycles. The molecule has 0 aliphatic carbocycles. The Kier molecular flexibility index (Phi) is 5.70. The van der Waals surface area contributed by atoms with Crippen LogP contribution in [0.5, 0.6) is 0 Å². The summed E-state index contributed by atoms with van der Waals surface area (Å²) < 4.78 is 0. The molecule has 2 aromatic rings. The maximum atomic E-state index is 12.3. The van der Waals surface area contributed by atoms with Crippen molar-refractivity contribution in [2.75, 3.05) is 24.7 Å². The maximum Gasteiger partial charge on any atom is 0.321 e. The summed E-state index contributed by atoms with van der Waals surface area (Å²) in [6, 6.07) is 4.40. The number of hydrogen-bond donors (Lipinski definition) is 2. The fraction of sp³-hybridized carbons (Fsp3) is 0.250. The number of carbonyl (C=O) groups excluding carboxylic acids is 2. The summed E-state index contributed by atoms with van der Waals surface area (Å²) in [6.07, 6.45) is 3.81. The van der Waals surface area contributed by atoms with Gasteiger partial charge in [0.25, 0.3) is 5.91 Å².